The number of para-hydroxylation sites is 3. The van der Waals surface area contributed by atoms with E-state index in [1.165, 1.54) is 4.57 Å². The zero-order valence-electron chi connectivity index (χ0n) is 19.6. The number of carbonyl (C=O) groups excluding carboxylic acids is 1. The summed E-state index contributed by atoms with van der Waals surface area (Å²) in [6.45, 7) is 3.62. The number of nitrogen functional groups attached to an aromatic ring is 1. The van der Waals surface area contributed by atoms with E-state index in [0.29, 0.717) is 56.5 Å². The maximum atomic E-state index is 13.3. The number of hydrogen-bond donors (Lipinski definition) is 2. The number of nitrogens with one attached hydrogen (secondary N) is 1. The highest BCUT2D eigenvalue weighted by atomic mass is 16.5. The Morgan fingerprint density at radius 1 is 1.03 bits per heavy atom. The van der Waals surface area contributed by atoms with E-state index in [2.05, 4.69) is 5.32 Å². The second-order valence-corrected chi connectivity index (χ2v) is 8.12. The third kappa shape index (κ3) is 5.38. The van der Waals surface area contributed by atoms with Crippen LogP contribution in [-0.2, 0) is 22.6 Å². The van der Waals surface area contributed by atoms with Crippen LogP contribution in [0.4, 0.5) is 17.2 Å². The fraction of sp³-hybridized carbons (Fsp3) is 0.320. The molecule has 10 nitrogen and oxygen atoms in total. The summed E-state index contributed by atoms with van der Waals surface area (Å²) < 4.78 is 13.6. The highest BCUT2D eigenvalue weighted by molar-refractivity contribution is 5.92. The molecule has 4 rings (SSSR count). The molecule has 0 saturated carbocycles. The van der Waals surface area contributed by atoms with Crippen LogP contribution in [0.15, 0.2) is 64.2 Å². The van der Waals surface area contributed by atoms with Crippen molar-refractivity contribution in [3.8, 4) is 11.5 Å². The SMILES string of the molecule is CCCn1c(N)c(N2CCOCC2)c(=O)n(CC(=O)Nc2ccccc2Oc2ccccc2)c1=O. The molecule has 3 aromatic rings. The molecule has 1 aliphatic rings. The number of amides is 1. The number of ether oxygens (including phenoxy) is 2. The lowest BCUT2D eigenvalue weighted by atomic mass is 10.2. The van der Waals surface area contributed by atoms with Crippen LogP contribution in [0.5, 0.6) is 11.5 Å². The van der Waals surface area contributed by atoms with Gasteiger partial charge in [0.1, 0.15) is 23.8 Å². The third-order valence-electron chi connectivity index (χ3n) is 5.65. The summed E-state index contributed by atoms with van der Waals surface area (Å²) in [5.41, 5.74) is 5.71. The van der Waals surface area contributed by atoms with Crippen LogP contribution < -0.4 is 31.9 Å². The van der Waals surface area contributed by atoms with Crippen LogP contribution >= 0.6 is 0 Å². The topological polar surface area (TPSA) is 121 Å². The van der Waals surface area contributed by atoms with Crippen LogP contribution in [0.1, 0.15) is 13.3 Å². The van der Waals surface area contributed by atoms with Gasteiger partial charge in [0.25, 0.3) is 5.56 Å². The Balaban J connectivity index is 1.63. The van der Waals surface area contributed by atoms with Gasteiger partial charge in [-0.3, -0.25) is 14.2 Å². The maximum absolute atomic E-state index is 13.3. The summed E-state index contributed by atoms with van der Waals surface area (Å²) in [7, 11) is 0. The molecule has 1 aromatic heterocycles. The first-order valence-electron chi connectivity index (χ1n) is 11.6. The normalized spacial score (nSPS) is 13.5. The number of anilines is 3. The Morgan fingerprint density at radius 3 is 2.43 bits per heavy atom. The fourth-order valence-electron chi connectivity index (χ4n) is 3.97. The number of hydrogen-bond acceptors (Lipinski definition) is 7. The van der Waals surface area contributed by atoms with Crippen molar-refractivity contribution in [3.63, 3.8) is 0 Å². The molecule has 1 fully saturated rings. The molecule has 2 aromatic carbocycles. The van der Waals surface area contributed by atoms with Gasteiger partial charge in [0, 0.05) is 19.6 Å². The first-order chi connectivity index (χ1) is 17.0. The minimum absolute atomic E-state index is 0.113. The first-order valence-corrected chi connectivity index (χ1v) is 11.6. The summed E-state index contributed by atoms with van der Waals surface area (Å²) in [4.78, 5) is 41.3. The summed E-state index contributed by atoms with van der Waals surface area (Å²) in [6, 6.07) is 16.1. The minimum atomic E-state index is -0.615. The first kappa shape index (κ1) is 24.1. The Bertz CT molecular complexity index is 1300. The molecule has 0 spiro atoms. The quantitative estimate of drug-likeness (QED) is 0.508. The molecular formula is C25H29N5O5. The fourth-order valence-corrected chi connectivity index (χ4v) is 3.97. The average Bonchev–Trinajstić information content (AvgIpc) is 2.87. The maximum Gasteiger partial charge on any atom is 0.333 e. The largest absolute Gasteiger partial charge is 0.455 e. The molecular weight excluding hydrogens is 450 g/mol. The zero-order valence-corrected chi connectivity index (χ0v) is 19.6. The van der Waals surface area contributed by atoms with Crippen LogP contribution in [-0.4, -0.2) is 41.3 Å². The number of rotatable bonds is 8. The van der Waals surface area contributed by atoms with E-state index in [-0.39, 0.29) is 11.5 Å². The highest BCUT2D eigenvalue weighted by Gasteiger charge is 2.24. The molecule has 184 valence electrons. The van der Waals surface area contributed by atoms with E-state index in [1.54, 1.807) is 36.4 Å². The molecule has 1 amide bonds. The number of nitrogens with zero attached hydrogens (tertiary/aromatic N) is 3. The van der Waals surface area contributed by atoms with Gasteiger partial charge in [-0.15, -0.1) is 0 Å². The standard InChI is InChI=1S/C25H29N5O5/c1-2-12-29-23(26)22(28-13-15-34-16-14-28)24(32)30(25(29)33)17-21(31)27-19-10-6-7-11-20(19)35-18-8-4-3-5-9-18/h3-11H,2,12-17,26H2,1H3,(H,27,31). The number of nitrogens with two attached hydrogens (primary N) is 1. The lowest BCUT2D eigenvalue weighted by molar-refractivity contribution is -0.116. The molecule has 0 atom stereocenters. The van der Waals surface area contributed by atoms with Crippen molar-refractivity contribution >= 4 is 23.1 Å². The van der Waals surface area contributed by atoms with Gasteiger partial charge in [-0.2, -0.15) is 0 Å². The summed E-state index contributed by atoms with van der Waals surface area (Å²) in [5.74, 6) is 0.631. The second kappa shape index (κ2) is 10.9. The van der Waals surface area contributed by atoms with Gasteiger partial charge in [0.2, 0.25) is 5.91 Å². The number of carbonyl (C=O) groups is 1. The zero-order chi connectivity index (χ0) is 24.8. The predicted molar refractivity (Wildman–Crippen MR) is 134 cm³/mol. The monoisotopic (exact) mass is 479 g/mol. The van der Waals surface area contributed by atoms with E-state index in [1.807, 2.05) is 30.0 Å². The molecule has 0 radical (unpaired) electrons. The summed E-state index contributed by atoms with van der Waals surface area (Å²) in [6.07, 6.45) is 0.640. The average molecular weight is 480 g/mol. The lowest BCUT2D eigenvalue weighted by Crippen LogP contribution is -2.48. The van der Waals surface area contributed by atoms with Crippen molar-refractivity contribution in [3.05, 3.63) is 75.4 Å². The third-order valence-corrected chi connectivity index (χ3v) is 5.65. The molecule has 1 aliphatic heterocycles. The predicted octanol–water partition coefficient (Wildman–Crippen LogP) is 2.27. The van der Waals surface area contributed by atoms with Crippen LogP contribution in [0.3, 0.4) is 0 Å². The number of morpholine rings is 1. The molecule has 35 heavy (non-hydrogen) atoms. The molecule has 3 N–H and O–H groups in total. The van der Waals surface area contributed by atoms with E-state index >= 15 is 0 Å². The van der Waals surface area contributed by atoms with Gasteiger partial charge in [-0.1, -0.05) is 37.3 Å². The van der Waals surface area contributed by atoms with E-state index in [0.717, 1.165) is 4.57 Å². The molecule has 0 bridgehead atoms. The summed E-state index contributed by atoms with van der Waals surface area (Å²) >= 11 is 0. The Morgan fingerprint density at radius 2 is 1.71 bits per heavy atom. The molecule has 0 unspecified atom stereocenters. The van der Waals surface area contributed by atoms with Crippen LogP contribution in [0.25, 0.3) is 0 Å². The van der Waals surface area contributed by atoms with Gasteiger partial charge in [-0.05, 0) is 30.7 Å². The smallest absolute Gasteiger partial charge is 0.333 e. The Hall–Kier alpha value is -4.05. The van der Waals surface area contributed by atoms with Crippen molar-refractivity contribution in [2.24, 2.45) is 0 Å². The van der Waals surface area contributed by atoms with Crippen molar-refractivity contribution in [1.82, 2.24) is 9.13 Å². The van der Waals surface area contributed by atoms with Gasteiger partial charge >= 0.3 is 5.69 Å². The van der Waals surface area contributed by atoms with Crippen molar-refractivity contribution < 1.29 is 14.3 Å². The van der Waals surface area contributed by atoms with Gasteiger partial charge in [0.05, 0.1) is 18.9 Å². The Labute approximate surface area is 202 Å². The summed E-state index contributed by atoms with van der Waals surface area (Å²) in [5, 5.41) is 2.76. The van der Waals surface area contributed by atoms with Crippen LogP contribution in [0.2, 0.25) is 0 Å². The van der Waals surface area contributed by atoms with Gasteiger partial charge < -0.3 is 25.4 Å². The van der Waals surface area contributed by atoms with Crippen molar-refractivity contribution in [1.29, 1.82) is 0 Å². The molecule has 2 heterocycles. The van der Waals surface area contributed by atoms with E-state index in [4.69, 9.17) is 15.2 Å². The Kier molecular flexibility index (Phi) is 7.51. The number of benzene rings is 2. The van der Waals surface area contributed by atoms with Gasteiger partial charge in [-0.25, -0.2) is 9.36 Å². The molecule has 1 saturated heterocycles. The highest BCUT2D eigenvalue weighted by Crippen LogP contribution is 2.29. The molecule has 0 aliphatic carbocycles. The second-order valence-electron chi connectivity index (χ2n) is 8.12. The molecule has 10 heteroatoms. The van der Waals surface area contributed by atoms with E-state index < -0.39 is 23.7 Å². The van der Waals surface area contributed by atoms with E-state index in [9.17, 15) is 14.4 Å². The van der Waals surface area contributed by atoms with Crippen LogP contribution in [0, 0.1) is 0 Å². The van der Waals surface area contributed by atoms with Crippen molar-refractivity contribution in [2.45, 2.75) is 26.4 Å². The lowest BCUT2D eigenvalue weighted by Gasteiger charge is -2.30. The number of aromatic nitrogens is 2. The van der Waals surface area contributed by atoms with Crippen molar-refractivity contribution in [2.75, 3.05) is 42.3 Å². The van der Waals surface area contributed by atoms with Gasteiger partial charge in [0.15, 0.2) is 5.75 Å². The minimum Gasteiger partial charge on any atom is -0.455 e.